The van der Waals surface area contributed by atoms with E-state index >= 15 is 0 Å². The van der Waals surface area contributed by atoms with E-state index < -0.39 is 10.0 Å². The van der Waals surface area contributed by atoms with Crippen molar-refractivity contribution in [3.8, 4) is 0 Å². The van der Waals surface area contributed by atoms with E-state index in [2.05, 4.69) is 0 Å². The van der Waals surface area contributed by atoms with Gasteiger partial charge in [-0.15, -0.1) is 0 Å². The molecule has 20 heavy (non-hydrogen) atoms. The SMILES string of the molecule is Cc1c(CN)cc(Cl)cc1S(=O)(=O)N(C)CCN(C)C. The second kappa shape index (κ2) is 6.87. The van der Waals surface area contributed by atoms with Crippen LogP contribution in [0.25, 0.3) is 0 Å². The minimum absolute atomic E-state index is 0.228. The third kappa shape index (κ3) is 3.93. The van der Waals surface area contributed by atoms with E-state index in [0.717, 1.165) is 5.56 Å². The van der Waals surface area contributed by atoms with Crippen molar-refractivity contribution >= 4 is 21.6 Å². The van der Waals surface area contributed by atoms with Gasteiger partial charge < -0.3 is 10.6 Å². The van der Waals surface area contributed by atoms with Gasteiger partial charge >= 0.3 is 0 Å². The number of rotatable bonds is 6. The molecule has 5 nitrogen and oxygen atoms in total. The molecule has 0 unspecified atom stereocenters. The van der Waals surface area contributed by atoms with E-state index in [-0.39, 0.29) is 11.4 Å². The molecule has 0 saturated carbocycles. The van der Waals surface area contributed by atoms with Crippen LogP contribution >= 0.6 is 11.6 Å². The maximum atomic E-state index is 12.6. The summed E-state index contributed by atoms with van der Waals surface area (Å²) in [5, 5.41) is 0.385. The first-order valence-corrected chi connectivity index (χ1v) is 8.12. The molecule has 1 rings (SSSR count). The molecule has 0 spiro atoms. The Bertz CT molecular complexity index is 573. The summed E-state index contributed by atoms with van der Waals surface area (Å²) in [4.78, 5) is 2.16. The smallest absolute Gasteiger partial charge is 0.243 e. The lowest BCUT2D eigenvalue weighted by atomic mass is 10.1. The molecule has 0 aliphatic heterocycles. The molecule has 0 aliphatic carbocycles. The van der Waals surface area contributed by atoms with Crippen LogP contribution in [0.4, 0.5) is 0 Å². The molecular weight excluding hydrogens is 298 g/mol. The summed E-state index contributed by atoms with van der Waals surface area (Å²) in [5.41, 5.74) is 7.04. The van der Waals surface area contributed by atoms with Gasteiger partial charge in [-0.2, -0.15) is 4.31 Å². The van der Waals surface area contributed by atoms with Gasteiger partial charge in [0.25, 0.3) is 0 Å². The second-order valence-electron chi connectivity index (χ2n) is 5.02. The topological polar surface area (TPSA) is 66.6 Å². The van der Waals surface area contributed by atoms with Crippen molar-refractivity contribution in [1.82, 2.24) is 9.21 Å². The van der Waals surface area contributed by atoms with Crippen LogP contribution < -0.4 is 5.73 Å². The lowest BCUT2D eigenvalue weighted by Crippen LogP contribution is -2.34. The van der Waals surface area contributed by atoms with Gasteiger partial charge in [-0.1, -0.05) is 11.6 Å². The van der Waals surface area contributed by atoms with Gasteiger partial charge in [0.2, 0.25) is 10.0 Å². The fourth-order valence-electron chi connectivity index (χ4n) is 1.82. The summed E-state index contributed by atoms with van der Waals surface area (Å²) in [5.74, 6) is 0. The monoisotopic (exact) mass is 319 g/mol. The van der Waals surface area contributed by atoms with Crippen LogP contribution in [0.1, 0.15) is 11.1 Å². The van der Waals surface area contributed by atoms with Crippen molar-refractivity contribution in [2.75, 3.05) is 34.2 Å². The quantitative estimate of drug-likeness (QED) is 0.858. The van der Waals surface area contributed by atoms with E-state index in [9.17, 15) is 8.42 Å². The van der Waals surface area contributed by atoms with E-state index in [0.29, 0.717) is 23.7 Å². The Balaban J connectivity index is 3.18. The zero-order valence-electron chi connectivity index (χ0n) is 12.4. The van der Waals surface area contributed by atoms with Crippen LogP contribution in [0.5, 0.6) is 0 Å². The summed E-state index contributed by atoms with van der Waals surface area (Å²) in [6.45, 7) is 3.08. The predicted molar refractivity (Wildman–Crippen MR) is 82.5 cm³/mol. The minimum Gasteiger partial charge on any atom is -0.326 e. The van der Waals surface area contributed by atoms with Gasteiger partial charge in [-0.3, -0.25) is 0 Å². The summed E-state index contributed by atoms with van der Waals surface area (Å²) < 4.78 is 26.5. The van der Waals surface area contributed by atoms with Crippen LogP contribution in [0.3, 0.4) is 0 Å². The zero-order chi connectivity index (χ0) is 15.5. The van der Waals surface area contributed by atoms with Crippen LogP contribution in [0, 0.1) is 6.92 Å². The van der Waals surface area contributed by atoms with Gasteiger partial charge in [-0.25, -0.2) is 8.42 Å². The second-order valence-corrected chi connectivity index (χ2v) is 7.47. The van der Waals surface area contributed by atoms with Crippen LogP contribution in [0.2, 0.25) is 5.02 Å². The average Bonchev–Trinajstić information content (AvgIpc) is 2.37. The van der Waals surface area contributed by atoms with Gasteiger partial charge in [0, 0.05) is 31.7 Å². The molecule has 0 heterocycles. The first-order chi connectivity index (χ1) is 9.20. The molecule has 2 N–H and O–H groups in total. The van der Waals surface area contributed by atoms with Crippen molar-refractivity contribution in [3.63, 3.8) is 0 Å². The Morgan fingerprint density at radius 3 is 2.30 bits per heavy atom. The molecule has 0 aliphatic rings. The molecule has 0 fully saturated rings. The molecular formula is C13H22ClN3O2S. The van der Waals surface area contributed by atoms with Gasteiger partial charge in [0.15, 0.2) is 0 Å². The number of benzene rings is 1. The Morgan fingerprint density at radius 1 is 1.20 bits per heavy atom. The number of sulfonamides is 1. The van der Waals surface area contributed by atoms with Crippen LogP contribution in [0.15, 0.2) is 17.0 Å². The standard InChI is InChI=1S/C13H22ClN3O2S/c1-10-11(9-15)7-12(14)8-13(10)20(18,19)17(4)6-5-16(2)3/h7-8H,5-6,9,15H2,1-4H3. The van der Waals surface area contributed by atoms with Crippen molar-refractivity contribution in [1.29, 1.82) is 0 Å². The molecule has 0 saturated heterocycles. The minimum atomic E-state index is -3.55. The first-order valence-electron chi connectivity index (χ1n) is 6.30. The van der Waals surface area contributed by atoms with Gasteiger partial charge in [0.05, 0.1) is 4.90 Å². The summed E-state index contributed by atoms with van der Waals surface area (Å²) in [6, 6.07) is 3.19. The predicted octanol–water partition coefficient (Wildman–Crippen LogP) is 1.29. The summed E-state index contributed by atoms with van der Waals surface area (Å²) in [6.07, 6.45) is 0. The van der Waals surface area contributed by atoms with Crippen molar-refractivity contribution in [2.45, 2.75) is 18.4 Å². The van der Waals surface area contributed by atoms with E-state index in [1.807, 2.05) is 19.0 Å². The van der Waals surface area contributed by atoms with Gasteiger partial charge in [0.1, 0.15) is 0 Å². The molecule has 0 bridgehead atoms. The molecule has 1 aromatic carbocycles. The Morgan fingerprint density at radius 2 is 1.80 bits per heavy atom. The fourth-order valence-corrected chi connectivity index (χ4v) is 3.57. The van der Waals surface area contributed by atoms with Crippen LogP contribution in [-0.4, -0.2) is 51.9 Å². The Hall–Kier alpha value is -0.660. The van der Waals surface area contributed by atoms with Gasteiger partial charge in [-0.05, 0) is 44.3 Å². The molecule has 0 radical (unpaired) electrons. The highest BCUT2D eigenvalue weighted by Gasteiger charge is 2.24. The number of nitrogens with two attached hydrogens (primary N) is 1. The fraction of sp³-hybridized carbons (Fsp3) is 0.538. The van der Waals surface area contributed by atoms with E-state index in [4.69, 9.17) is 17.3 Å². The number of nitrogens with zero attached hydrogens (tertiary/aromatic N) is 2. The lowest BCUT2D eigenvalue weighted by molar-refractivity contribution is 0.358. The summed E-state index contributed by atoms with van der Waals surface area (Å²) >= 11 is 5.99. The zero-order valence-corrected chi connectivity index (χ0v) is 13.9. The highest BCUT2D eigenvalue weighted by Crippen LogP contribution is 2.26. The first kappa shape index (κ1) is 17.4. The number of halogens is 1. The van der Waals surface area contributed by atoms with Crippen LogP contribution in [-0.2, 0) is 16.6 Å². The number of likely N-dealkylation sites (N-methyl/N-ethyl adjacent to an activating group) is 2. The molecule has 0 aromatic heterocycles. The number of hydrogen-bond donors (Lipinski definition) is 1. The third-order valence-electron chi connectivity index (χ3n) is 3.20. The largest absolute Gasteiger partial charge is 0.326 e. The highest BCUT2D eigenvalue weighted by atomic mass is 35.5. The molecule has 1 aromatic rings. The van der Waals surface area contributed by atoms with Crippen molar-refractivity contribution in [3.05, 3.63) is 28.3 Å². The van der Waals surface area contributed by atoms with Crippen molar-refractivity contribution in [2.24, 2.45) is 5.73 Å². The van der Waals surface area contributed by atoms with E-state index in [1.165, 1.54) is 10.4 Å². The Kier molecular flexibility index (Phi) is 5.97. The highest BCUT2D eigenvalue weighted by molar-refractivity contribution is 7.89. The lowest BCUT2D eigenvalue weighted by Gasteiger charge is -2.21. The third-order valence-corrected chi connectivity index (χ3v) is 5.40. The molecule has 7 heteroatoms. The molecule has 114 valence electrons. The van der Waals surface area contributed by atoms with E-state index in [1.54, 1.807) is 20.0 Å². The Labute approximate surface area is 126 Å². The maximum absolute atomic E-state index is 12.6. The van der Waals surface area contributed by atoms with Crippen molar-refractivity contribution < 1.29 is 8.42 Å². The molecule has 0 atom stereocenters. The molecule has 0 amide bonds. The number of hydrogen-bond acceptors (Lipinski definition) is 4. The maximum Gasteiger partial charge on any atom is 0.243 e. The normalized spacial score (nSPS) is 12.4. The average molecular weight is 320 g/mol. The summed E-state index contributed by atoms with van der Waals surface area (Å²) in [7, 11) is 1.82.